The Hall–Kier alpha value is -3.11. The molecule has 0 unspecified atom stereocenters. The Morgan fingerprint density at radius 3 is 2.54 bits per heavy atom. The quantitative estimate of drug-likeness (QED) is 0.399. The predicted octanol–water partition coefficient (Wildman–Crippen LogP) is 4.46. The van der Waals surface area contributed by atoms with Gasteiger partial charge in [0.1, 0.15) is 12.2 Å². The zero-order chi connectivity index (χ0) is 18.1. The van der Waals surface area contributed by atoms with Gasteiger partial charge in [0.15, 0.2) is 0 Å². The first-order valence-corrected chi connectivity index (χ1v) is 8.46. The normalized spacial score (nSPS) is 11.0. The topological polar surface area (TPSA) is 47.8 Å². The van der Waals surface area contributed by atoms with Crippen molar-refractivity contribution in [3.8, 4) is 0 Å². The number of nitrogens with zero attached hydrogens (tertiary/aromatic N) is 1. The first kappa shape index (κ1) is 16.4. The summed E-state index contributed by atoms with van der Waals surface area (Å²) < 4.78 is 7.18. The Labute approximate surface area is 154 Å². The zero-order valence-electron chi connectivity index (χ0n) is 13.7. The fourth-order valence-electron chi connectivity index (χ4n) is 3.00. The van der Waals surface area contributed by atoms with Gasteiger partial charge < -0.3 is 9.14 Å². The fourth-order valence-corrected chi connectivity index (χ4v) is 3.16. The standard InChI is InChI=1S/C21H14ClNO3/c22-15-9-10-16-18(12-15)23-11-5-4-8-17(23)19(20(16)24)21(25)26-13-14-6-2-1-3-7-14/h1-12H,13H2. The van der Waals surface area contributed by atoms with Gasteiger partial charge in [0, 0.05) is 16.6 Å². The molecule has 0 radical (unpaired) electrons. The van der Waals surface area contributed by atoms with Gasteiger partial charge in [0.2, 0.25) is 5.43 Å². The Kier molecular flexibility index (Phi) is 4.19. The number of ether oxygens (including phenoxy) is 1. The number of benzene rings is 2. The van der Waals surface area contributed by atoms with E-state index in [1.807, 2.05) is 36.4 Å². The summed E-state index contributed by atoms with van der Waals surface area (Å²) in [4.78, 5) is 25.7. The van der Waals surface area contributed by atoms with E-state index < -0.39 is 5.97 Å². The van der Waals surface area contributed by atoms with Gasteiger partial charge in [0.25, 0.3) is 0 Å². The first-order chi connectivity index (χ1) is 12.6. The number of aromatic nitrogens is 1. The van der Waals surface area contributed by atoms with Crippen LogP contribution in [0, 0.1) is 0 Å². The number of pyridine rings is 2. The van der Waals surface area contributed by atoms with Gasteiger partial charge in [-0.3, -0.25) is 4.79 Å². The minimum atomic E-state index is -0.639. The molecule has 2 heterocycles. The maximum absolute atomic E-state index is 12.9. The van der Waals surface area contributed by atoms with Gasteiger partial charge in [-0.05, 0) is 35.9 Å². The van der Waals surface area contributed by atoms with Crippen molar-refractivity contribution >= 4 is 34.0 Å². The molecule has 0 aliphatic rings. The van der Waals surface area contributed by atoms with Gasteiger partial charge in [-0.2, -0.15) is 0 Å². The van der Waals surface area contributed by atoms with E-state index in [-0.39, 0.29) is 17.6 Å². The van der Waals surface area contributed by atoms with E-state index in [2.05, 4.69) is 0 Å². The molecule has 0 N–H and O–H groups in total. The molecule has 0 fully saturated rings. The van der Waals surface area contributed by atoms with E-state index in [1.54, 1.807) is 40.9 Å². The van der Waals surface area contributed by atoms with Gasteiger partial charge in [0.05, 0.1) is 11.0 Å². The molecule has 128 valence electrons. The van der Waals surface area contributed by atoms with E-state index >= 15 is 0 Å². The van der Waals surface area contributed by atoms with Crippen molar-refractivity contribution in [3.05, 3.63) is 99.3 Å². The molecule has 0 amide bonds. The summed E-state index contributed by atoms with van der Waals surface area (Å²) >= 11 is 6.08. The largest absolute Gasteiger partial charge is 0.457 e. The minimum Gasteiger partial charge on any atom is -0.457 e. The Balaban J connectivity index is 1.85. The van der Waals surface area contributed by atoms with Gasteiger partial charge in [-0.1, -0.05) is 48.0 Å². The fraction of sp³-hybridized carbons (Fsp3) is 0.0476. The molecular weight excluding hydrogens is 350 g/mol. The summed E-state index contributed by atoms with van der Waals surface area (Å²) in [6, 6.07) is 19.7. The second kappa shape index (κ2) is 6.65. The molecule has 4 nitrogen and oxygen atoms in total. The van der Waals surface area contributed by atoms with Crippen molar-refractivity contribution in [3.63, 3.8) is 0 Å². The number of hydrogen-bond donors (Lipinski definition) is 0. The lowest BCUT2D eigenvalue weighted by molar-refractivity contribution is 0.0473. The minimum absolute atomic E-state index is 0.0244. The third kappa shape index (κ3) is 2.85. The molecule has 4 rings (SSSR count). The van der Waals surface area contributed by atoms with Crippen molar-refractivity contribution in [2.24, 2.45) is 0 Å². The number of hydrogen-bond acceptors (Lipinski definition) is 3. The average Bonchev–Trinajstić information content (AvgIpc) is 2.67. The molecule has 0 saturated heterocycles. The molecule has 2 aromatic carbocycles. The second-order valence-corrected chi connectivity index (χ2v) is 6.32. The van der Waals surface area contributed by atoms with E-state index in [4.69, 9.17) is 16.3 Å². The van der Waals surface area contributed by atoms with Crippen molar-refractivity contribution < 1.29 is 9.53 Å². The summed E-state index contributed by atoms with van der Waals surface area (Å²) in [6.07, 6.45) is 1.79. The Morgan fingerprint density at radius 1 is 0.962 bits per heavy atom. The van der Waals surface area contributed by atoms with Crippen LogP contribution in [-0.4, -0.2) is 10.4 Å². The van der Waals surface area contributed by atoms with Crippen LogP contribution < -0.4 is 5.43 Å². The highest BCUT2D eigenvalue weighted by atomic mass is 35.5. The lowest BCUT2D eigenvalue weighted by Crippen LogP contribution is -2.20. The molecule has 0 aliphatic heterocycles. The molecule has 5 heteroatoms. The lowest BCUT2D eigenvalue weighted by atomic mass is 10.1. The molecule has 0 spiro atoms. The summed E-state index contributed by atoms with van der Waals surface area (Å²) in [7, 11) is 0. The molecule has 0 saturated carbocycles. The van der Waals surface area contributed by atoms with Crippen LogP contribution in [0.3, 0.4) is 0 Å². The Morgan fingerprint density at radius 2 is 1.73 bits per heavy atom. The SMILES string of the molecule is O=C(OCc1ccccc1)c1c(=O)c2ccc(Cl)cc2n2ccccc12. The van der Waals surface area contributed by atoms with Gasteiger partial charge >= 0.3 is 5.97 Å². The van der Waals surface area contributed by atoms with Crippen LogP contribution in [0.2, 0.25) is 5.02 Å². The van der Waals surface area contributed by atoms with Crippen molar-refractivity contribution in [2.45, 2.75) is 6.61 Å². The third-order valence-electron chi connectivity index (χ3n) is 4.22. The van der Waals surface area contributed by atoms with Crippen LogP contribution in [0.4, 0.5) is 0 Å². The van der Waals surface area contributed by atoms with Crippen LogP contribution in [0.25, 0.3) is 16.4 Å². The van der Waals surface area contributed by atoms with Crippen molar-refractivity contribution in [1.82, 2.24) is 4.40 Å². The maximum atomic E-state index is 12.9. The second-order valence-electron chi connectivity index (χ2n) is 5.88. The molecule has 26 heavy (non-hydrogen) atoms. The summed E-state index contributed by atoms with van der Waals surface area (Å²) in [6.45, 7) is 0.108. The summed E-state index contributed by atoms with van der Waals surface area (Å²) in [5, 5.41) is 0.943. The van der Waals surface area contributed by atoms with E-state index in [0.29, 0.717) is 21.4 Å². The van der Waals surface area contributed by atoms with Crippen LogP contribution in [-0.2, 0) is 11.3 Å². The number of fused-ring (bicyclic) bond motifs is 3. The van der Waals surface area contributed by atoms with E-state index in [9.17, 15) is 9.59 Å². The van der Waals surface area contributed by atoms with Crippen molar-refractivity contribution in [2.75, 3.05) is 0 Å². The zero-order valence-corrected chi connectivity index (χ0v) is 14.4. The maximum Gasteiger partial charge on any atom is 0.344 e. The van der Waals surface area contributed by atoms with Crippen molar-refractivity contribution in [1.29, 1.82) is 0 Å². The number of carbonyl (C=O) groups is 1. The molecule has 0 aliphatic carbocycles. The highest BCUT2D eigenvalue weighted by Gasteiger charge is 2.19. The van der Waals surface area contributed by atoms with Crippen LogP contribution in [0.1, 0.15) is 15.9 Å². The van der Waals surface area contributed by atoms with Gasteiger partial charge in [-0.15, -0.1) is 0 Å². The third-order valence-corrected chi connectivity index (χ3v) is 4.46. The van der Waals surface area contributed by atoms with E-state index in [0.717, 1.165) is 5.56 Å². The smallest absolute Gasteiger partial charge is 0.344 e. The number of esters is 1. The molecule has 4 aromatic rings. The van der Waals surface area contributed by atoms with Crippen LogP contribution >= 0.6 is 11.6 Å². The van der Waals surface area contributed by atoms with Crippen LogP contribution in [0.15, 0.2) is 77.7 Å². The highest BCUT2D eigenvalue weighted by Crippen LogP contribution is 2.21. The first-order valence-electron chi connectivity index (χ1n) is 8.09. The molecular formula is C21H14ClNO3. The number of halogens is 1. The molecule has 2 aromatic heterocycles. The van der Waals surface area contributed by atoms with E-state index in [1.165, 1.54) is 0 Å². The number of rotatable bonds is 3. The summed E-state index contributed by atoms with van der Waals surface area (Å²) in [5.74, 6) is -0.639. The predicted molar refractivity (Wildman–Crippen MR) is 102 cm³/mol. The molecule has 0 atom stereocenters. The average molecular weight is 364 g/mol. The highest BCUT2D eigenvalue weighted by molar-refractivity contribution is 6.31. The molecule has 0 bridgehead atoms. The van der Waals surface area contributed by atoms with Gasteiger partial charge in [-0.25, -0.2) is 4.79 Å². The number of carbonyl (C=O) groups excluding carboxylic acids is 1. The Bertz CT molecular complexity index is 1180. The van der Waals surface area contributed by atoms with Crippen LogP contribution in [0.5, 0.6) is 0 Å². The monoisotopic (exact) mass is 363 g/mol. The lowest BCUT2D eigenvalue weighted by Gasteiger charge is -2.11. The summed E-state index contributed by atoms with van der Waals surface area (Å²) in [5.41, 5.74) is 1.66.